The van der Waals surface area contributed by atoms with Crippen LogP contribution in [0.15, 0.2) is 12.1 Å². The van der Waals surface area contributed by atoms with Gasteiger partial charge in [-0.3, -0.25) is 0 Å². The van der Waals surface area contributed by atoms with Crippen LogP contribution in [0.3, 0.4) is 0 Å². The van der Waals surface area contributed by atoms with E-state index in [-0.39, 0.29) is 74.8 Å². The SMILES string of the molecule is O=S(=O)([O-])NNc1cc(OS(=O)(=O)[O-])c(Cl)cc1Cl.[Na+].[Na+]. The third-order valence-electron chi connectivity index (χ3n) is 1.52. The Kier molecular flexibility index (Phi) is 11.0. The van der Waals surface area contributed by atoms with Crippen molar-refractivity contribution >= 4 is 49.6 Å². The molecule has 0 aliphatic carbocycles. The summed E-state index contributed by atoms with van der Waals surface area (Å²) in [6, 6.07) is 1.79. The van der Waals surface area contributed by atoms with E-state index in [1.165, 1.54) is 4.83 Å². The van der Waals surface area contributed by atoms with Crippen LogP contribution in [0.25, 0.3) is 0 Å². The average Bonchev–Trinajstić information content (AvgIpc) is 2.17. The summed E-state index contributed by atoms with van der Waals surface area (Å²) in [4.78, 5) is 1.34. The molecule has 0 saturated heterocycles. The first-order valence-corrected chi connectivity index (χ1v) is 7.61. The maximum Gasteiger partial charge on any atom is 1.00 e. The Morgan fingerprint density at radius 3 is 1.95 bits per heavy atom. The molecule has 15 heteroatoms. The number of nitrogens with one attached hydrogen (secondary N) is 2. The van der Waals surface area contributed by atoms with Gasteiger partial charge in [0.15, 0.2) is 16.1 Å². The quantitative estimate of drug-likeness (QED) is 0.216. The number of hydrazine groups is 1. The van der Waals surface area contributed by atoms with E-state index in [4.69, 9.17) is 23.2 Å². The summed E-state index contributed by atoms with van der Waals surface area (Å²) >= 11 is 11.2. The molecular formula is C6H4Cl2N2Na2O7S2. The zero-order chi connectivity index (χ0) is 14.8. The van der Waals surface area contributed by atoms with E-state index in [2.05, 4.69) is 4.18 Å². The van der Waals surface area contributed by atoms with Crippen molar-refractivity contribution in [1.29, 1.82) is 0 Å². The van der Waals surface area contributed by atoms with E-state index in [1.807, 2.05) is 5.43 Å². The van der Waals surface area contributed by atoms with Crippen LogP contribution >= 0.6 is 23.2 Å². The Hall–Kier alpha value is 1.18. The second-order valence-corrected chi connectivity index (χ2v) is 5.85. The molecule has 0 radical (unpaired) electrons. The maximum absolute atomic E-state index is 10.4. The smallest absolute Gasteiger partial charge is 0.734 e. The summed E-state index contributed by atoms with van der Waals surface area (Å²) < 4.78 is 66.2. The van der Waals surface area contributed by atoms with Crippen LogP contribution in [0.2, 0.25) is 10.0 Å². The van der Waals surface area contributed by atoms with Crippen molar-refractivity contribution in [1.82, 2.24) is 4.83 Å². The van der Waals surface area contributed by atoms with Gasteiger partial charge in [-0.1, -0.05) is 23.2 Å². The molecule has 9 nitrogen and oxygen atoms in total. The van der Waals surface area contributed by atoms with Crippen molar-refractivity contribution in [3.8, 4) is 5.75 Å². The largest absolute Gasteiger partial charge is 1.00 e. The Balaban J connectivity index is 0. The molecule has 0 aromatic heterocycles. The second-order valence-electron chi connectivity index (χ2n) is 2.94. The summed E-state index contributed by atoms with van der Waals surface area (Å²) in [5.74, 6) is -0.589. The van der Waals surface area contributed by atoms with Gasteiger partial charge < -0.3 is 18.7 Å². The molecule has 0 heterocycles. The molecule has 1 rings (SSSR count). The third-order valence-corrected chi connectivity index (χ3v) is 2.87. The van der Waals surface area contributed by atoms with Crippen LogP contribution in [0.5, 0.6) is 5.75 Å². The Bertz CT molecular complexity index is 697. The van der Waals surface area contributed by atoms with Gasteiger partial charge in [-0.2, -0.15) is 0 Å². The first-order valence-electron chi connectivity index (χ1n) is 4.11. The fraction of sp³-hybridized carbons (Fsp3) is 0. The van der Waals surface area contributed by atoms with E-state index >= 15 is 0 Å². The van der Waals surface area contributed by atoms with E-state index in [1.54, 1.807) is 0 Å². The van der Waals surface area contributed by atoms with Gasteiger partial charge in [0.1, 0.15) is 0 Å². The van der Waals surface area contributed by atoms with Gasteiger partial charge in [0, 0.05) is 6.07 Å². The monoisotopic (exact) mass is 396 g/mol. The van der Waals surface area contributed by atoms with Crippen LogP contribution in [-0.4, -0.2) is 25.9 Å². The molecule has 0 atom stereocenters. The van der Waals surface area contributed by atoms with E-state index in [0.29, 0.717) is 0 Å². The molecule has 1 aromatic rings. The summed E-state index contributed by atoms with van der Waals surface area (Å²) in [7, 11) is -9.90. The molecule has 0 aliphatic rings. The van der Waals surface area contributed by atoms with Gasteiger partial charge in [0.05, 0.1) is 15.7 Å². The average molecular weight is 397 g/mol. The molecule has 0 aliphatic heterocycles. The van der Waals surface area contributed by atoms with Crippen LogP contribution in [-0.2, 0) is 20.7 Å². The number of hydrogen-bond donors (Lipinski definition) is 2. The van der Waals surface area contributed by atoms with Crippen molar-refractivity contribution in [3.63, 3.8) is 0 Å². The van der Waals surface area contributed by atoms with Crippen molar-refractivity contribution in [3.05, 3.63) is 22.2 Å². The van der Waals surface area contributed by atoms with Gasteiger partial charge in [-0.15, -0.1) is 4.83 Å². The number of hydrogen-bond acceptors (Lipinski definition) is 8. The first-order chi connectivity index (χ1) is 8.48. The van der Waals surface area contributed by atoms with Gasteiger partial charge in [0.25, 0.3) is 10.4 Å². The number of rotatable bonds is 5. The summed E-state index contributed by atoms with van der Waals surface area (Å²) in [5, 5.41) is -0.461. The normalized spacial score (nSPS) is 11.0. The Labute approximate surface area is 175 Å². The molecule has 0 saturated carbocycles. The minimum absolute atomic E-state index is 0. The fourth-order valence-electron chi connectivity index (χ4n) is 0.916. The molecule has 1 aromatic carbocycles. The molecule has 0 bridgehead atoms. The molecular weight excluding hydrogens is 393 g/mol. The number of halogens is 2. The molecule has 108 valence electrons. The van der Waals surface area contributed by atoms with E-state index in [9.17, 15) is 25.9 Å². The molecule has 0 unspecified atom stereocenters. The van der Waals surface area contributed by atoms with Crippen LogP contribution in [0.4, 0.5) is 5.69 Å². The standard InChI is InChI=1S/C6H6Cl2N2O7S2.2Na/c7-3-1-4(8)6(17-19(14,15)16)2-5(3)9-10-18(11,12)13;;/h1-2,9-10H,(H,11,12,13)(H,14,15,16);;/q;2*+1/p-2. The van der Waals surface area contributed by atoms with Gasteiger partial charge >= 0.3 is 59.1 Å². The predicted molar refractivity (Wildman–Crippen MR) is 63.2 cm³/mol. The van der Waals surface area contributed by atoms with E-state index < -0.39 is 26.5 Å². The van der Waals surface area contributed by atoms with Crippen LogP contribution < -0.4 is 73.6 Å². The van der Waals surface area contributed by atoms with Gasteiger partial charge in [-0.25, -0.2) is 16.8 Å². The van der Waals surface area contributed by atoms with E-state index in [0.717, 1.165) is 12.1 Å². The Morgan fingerprint density at radius 1 is 1.00 bits per heavy atom. The molecule has 0 spiro atoms. The maximum atomic E-state index is 10.4. The van der Waals surface area contributed by atoms with Crippen LogP contribution in [0.1, 0.15) is 0 Å². The van der Waals surface area contributed by atoms with Gasteiger partial charge in [-0.05, 0) is 6.07 Å². The number of anilines is 1. The molecule has 0 amide bonds. The fourth-order valence-corrected chi connectivity index (χ4v) is 2.02. The Morgan fingerprint density at radius 2 is 1.52 bits per heavy atom. The van der Waals surface area contributed by atoms with Crippen molar-refractivity contribution in [2.75, 3.05) is 5.43 Å². The minimum atomic E-state index is -5.08. The molecule has 0 fully saturated rings. The number of benzene rings is 1. The molecule has 2 N–H and O–H groups in total. The molecule has 21 heavy (non-hydrogen) atoms. The van der Waals surface area contributed by atoms with Crippen molar-refractivity contribution < 1.29 is 89.2 Å². The first kappa shape index (κ1) is 24.4. The van der Waals surface area contributed by atoms with Gasteiger partial charge in [0.2, 0.25) is 0 Å². The van der Waals surface area contributed by atoms with Crippen molar-refractivity contribution in [2.45, 2.75) is 0 Å². The topological polar surface area (TPSA) is 148 Å². The van der Waals surface area contributed by atoms with Crippen molar-refractivity contribution in [2.24, 2.45) is 0 Å². The summed E-state index contributed by atoms with van der Waals surface area (Å²) in [5.41, 5.74) is 1.64. The zero-order valence-corrected chi connectivity index (χ0v) is 17.7. The summed E-state index contributed by atoms with van der Waals surface area (Å²) in [6.45, 7) is 0. The predicted octanol–water partition coefficient (Wildman–Crippen LogP) is -5.78. The zero-order valence-electron chi connectivity index (χ0n) is 10.6. The third kappa shape index (κ3) is 9.81. The minimum Gasteiger partial charge on any atom is -0.734 e. The van der Waals surface area contributed by atoms with Crippen LogP contribution in [0, 0.1) is 0 Å². The second kappa shape index (κ2) is 9.47. The summed E-state index contributed by atoms with van der Waals surface area (Å²) in [6.07, 6.45) is 0.